The first-order valence-corrected chi connectivity index (χ1v) is 17.5. The molecule has 1 heteroatoms. The van der Waals surface area contributed by atoms with Crippen LogP contribution in [0.1, 0.15) is 219 Å². The molecular weight excluding hydrogens is 439 g/mol. The van der Waals surface area contributed by atoms with Crippen LogP contribution in [-0.4, -0.2) is 6.67 Å². The lowest BCUT2D eigenvalue weighted by molar-refractivity contribution is 0.448. The molecule has 0 bridgehead atoms. The second-order valence-corrected chi connectivity index (χ2v) is 12.0. The first-order valence-electron chi connectivity index (χ1n) is 17.5. The Morgan fingerprint density at radius 2 is 0.361 bits per heavy atom. The lowest BCUT2D eigenvalue weighted by Crippen LogP contribution is -1.85. The third-order valence-electron chi connectivity index (χ3n) is 8.24. The number of halogens is 1. The van der Waals surface area contributed by atoms with Gasteiger partial charge in [0.25, 0.3) is 0 Å². The van der Waals surface area contributed by atoms with E-state index in [4.69, 9.17) is 0 Å². The van der Waals surface area contributed by atoms with Crippen molar-refractivity contribution in [3.8, 4) is 0 Å². The summed E-state index contributed by atoms with van der Waals surface area (Å²) in [6.45, 7) is 2.18. The van der Waals surface area contributed by atoms with Gasteiger partial charge in [-0.2, -0.15) is 0 Å². The van der Waals surface area contributed by atoms with Crippen molar-refractivity contribution in [1.29, 1.82) is 0 Å². The van der Waals surface area contributed by atoms with Gasteiger partial charge >= 0.3 is 0 Å². The fourth-order valence-electron chi connectivity index (χ4n) is 5.65. The highest BCUT2D eigenvalue weighted by Gasteiger charge is 1.97. The molecule has 218 valence electrons. The van der Waals surface area contributed by atoms with E-state index in [1.165, 1.54) is 199 Å². The highest BCUT2D eigenvalue weighted by molar-refractivity contribution is 4.52. The van der Waals surface area contributed by atoms with Crippen molar-refractivity contribution in [1.82, 2.24) is 0 Å². The van der Waals surface area contributed by atoms with Crippen LogP contribution in [0.5, 0.6) is 0 Å². The third-order valence-corrected chi connectivity index (χ3v) is 8.24. The zero-order valence-corrected chi connectivity index (χ0v) is 25.4. The molecule has 0 aromatic heterocycles. The summed E-state index contributed by atoms with van der Waals surface area (Å²) >= 11 is 0. The van der Waals surface area contributed by atoms with Gasteiger partial charge in [0.15, 0.2) is 0 Å². The van der Waals surface area contributed by atoms with Crippen molar-refractivity contribution >= 4 is 0 Å². The third kappa shape index (κ3) is 33.9. The molecule has 0 atom stereocenters. The van der Waals surface area contributed by atoms with Crippen molar-refractivity contribution in [3.05, 3.63) is 0 Å². The highest BCUT2D eigenvalue weighted by Crippen LogP contribution is 2.16. The Bertz CT molecular complexity index is 319. The normalized spacial score (nSPS) is 11.5. The van der Waals surface area contributed by atoms with Crippen molar-refractivity contribution in [3.63, 3.8) is 0 Å². The van der Waals surface area contributed by atoms with Crippen molar-refractivity contribution < 1.29 is 4.39 Å². The van der Waals surface area contributed by atoms with E-state index in [0.717, 1.165) is 12.8 Å². The zero-order chi connectivity index (χ0) is 26.0. The first-order chi connectivity index (χ1) is 17.9. The quantitative estimate of drug-likeness (QED) is 0.0770. The Labute approximate surface area is 229 Å². The van der Waals surface area contributed by atoms with Gasteiger partial charge in [0, 0.05) is 0 Å². The van der Waals surface area contributed by atoms with Gasteiger partial charge in [-0.05, 0) is 6.42 Å². The lowest BCUT2D eigenvalue weighted by Gasteiger charge is -2.04. The van der Waals surface area contributed by atoms with Crippen molar-refractivity contribution in [2.75, 3.05) is 6.67 Å². The standard InChI is InChI=1S/C35H71F/c1-2-3-4-5-6-7-8-9-10-11-12-13-14-15-16-17-18-19-20-21-22-23-24-25-26-27-28-29-30-31-32-33-34-35-36/h2-35H2,1H3. The van der Waals surface area contributed by atoms with E-state index < -0.39 is 0 Å². The smallest absolute Gasteiger partial charge is 0.0894 e. The molecule has 0 aliphatic rings. The Balaban J connectivity index is 3.00. The van der Waals surface area contributed by atoms with Gasteiger partial charge in [0.05, 0.1) is 6.67 Å². The van der Waals surface area contributed by atoms with Crippen molar-refractivity contribution in [2.45, 2.75) is 219 Å². The molecular formula is C35H71F. The van der Waals surface area contributed by atoms with E-state index in [1.807, 2.05) is 0 Å². The number of hydrogen-bond donors (Lipinski definition) is 0. The van der Waals surface area contributed by atoms with Gasteiger partial charge in [-0.25, -0.2) is 0 Å². The fraction of sp³-hybridized carbons (Fsp3) is 1.00. The minimum Gasteiger partial charge on any atom is -0.251 e. The topological polar surface area (TPSA) is 0 Å². The average Bonchev–Trinajstić information content (AvgIpc) is 2.89. The SMILES string of the molecule is CCCCCCCCCCCCCCCCCCCCCCCCCCCCCCCCCCCF. The predicted octanol–water partition coefficient (Wildman–Crippen LogP) is 13.8. The summed E-state index contributed by atoms with van der Waals surface area (Å²) in [7, 11) is 0. The highest BCUT2D eigenvalue weighted by atomic mass is 19.1. The second-order valence-electron chi connectivity index (χ2n) is 12.0. The van der Waals surface area contributed by atoms with Gasteiger partial charge in [-0.3, -0.25) is 4.39 Å². The van der Waals surface area contributed by atoms with E-state index in [0.29, 0.717) is 0 Å². The summed E-state index contributed by atoms with van der Waals surface area (Å²) in [5.74, 6) is 0. The molecule has 0 radical (unpaired) electrons. The van der Waals surface area contributed by atoms with Crippen molar-refractivity contribution in [2.24, 2.45) is 0 Å². The van der Waals surface area contributed by atoms with Crippen LogP contribution in [0.4, 0.5) is 4.39 Å². The number of hydrogen-bond acceptors (Lipinski definition) is 0. The summed E-state index contributed by atoms with van der Waals surface area (Å²) in [4.78, 5) is 0. The first kappa shape index (κ1) is 35.9. The van der Waals surface area contributed by atoms with Gasteiger partial charge < -0.3 is 0 Å². The predicted molar refractivity (Wildman–Crippen MR) is 164 cm³/mol. The molecule has 0 N–H and O–H groups in total. The van der Waals surface area contributed by atoms with Crippen LogP contribution in [0.2, 0.25) is 0 Å². The number of unbranched alkanes of at least 4 members (excludes halogenated alkanes) is 32. The minimum atomic E-state index is -0.125. The van der Waals surface area contributed by atoms with Crippen LogP contribution < -0.4 is 0 Å². The molecule has 0 unspecified atom stereocenters. The molecule has 0 aliphatic heterocycles. The monoisotopic (exact) mass is 511 g/mol. The molecule has 36 heavy (non-hydrogen) atoms. The molecule has 0 nitrogen and oxygen atoms in total. The maximum atomic E-state index is 12.0. The van der Waals surface area contributed by atoms with Gasteiger partial charge in [-0.15, -0.1) is 0 Å². The van der Waals surface area contributed by atoms with E-state index in [9.17, 15) is 4.39 Å². The number of alkyl halides is 1. The van der Waals surface area contributed by atoms with Gasteiger partial charge in [0.2, 0.25) is 0 Å². The molecule has 0 heterocycles. The Morgan fingerprint density at radius 3 is 0.500 bits per heavy atom. The van der Waals surface area contributed by atoms with Crippen LogP contribution >= 0.6 is 0 Å². The Kier molecular flexibility index (Phi) is 34.9. The van der Waals surface area contributed by atoms with Gasteiger partial charge in [-0.1, -0.05) is 212 Å². The van der Waals surface area contributed by atoms with Crippen LogP contribution in [0.3, 0.4) is 0 Å². The van der Waals surface area contributed by atoms with Crippen LogP contribution in [0, 0.1) is 0 Å². The molecule has 0 aromatic carbocycles. The molecule has 0 amide bonds. The van der Waals surface area contributed by atoms with E-state index in [2.05, 4.69) is 6.92 Å². The Morgan fingerprint density at radius 1 is 0.222 bits per heavy atom. The summed E-state index contributed by atoms with van der Waals surface area (Å²) in [5.41, 5.74) is 0. The van der Waals surface area contributed by atoms with E-state index in [-0.39, 0.29) is 6.67 Å². The lowest BCUT2D eigenvalue weighted by atomic mass is 10.0. The van der Waals surface area contributed by atoms with E-state index >= 15 is 0 Å². The van der Waals surface area contributed by atoms with E-state index in [1.54, 1.807) is 0 Å². The molecule has 0 saturated heterocycles. The average molecular weight is 511 g/mol. The molecule has 0 aromatic rings. The van der Waals surface area contributed by atoms with Gasteiger partial charge in [0.1, 0.15) is 0 Å². The summed E-state index contributed by atoms with van der Waals surface area (Å²) in [6.07, 6.45) is 46.8. The van der Waals surface area contributed by atoms with Crippen LogP contribution in [0.25, 0.3) is 0 Å². The molecule has 0 spiro atoms. The Hall–Kier alpha value is -0.0700. The minimum absolute atomic E-state index is 0.125. The zero-order valence-electron chi connectivity index (χ0n) is 25.4. The molecule has 0 rings (SSSR count). The molecule has 0 fully saturated rings. The van der Waals surface area contributed by atoms with Crippen LogP contribution in [-0.2, 0) is 0 Å². The number of rotatable bonds is 33. The summed E-state index contributed by atoms with van der Waals surface area (Å²) in [5, 5.41) is 0. The van der Waals surface area contributed by atoms with Crippen LogP contribution in [0.15, 0.2) is 0 Å². The maximum absolute atomic E-state index is 12.0. The second kappa shape index (κ2) is 34.9. The largest absolute Gasteiger partial charge is 0.251 e. The summed E-state index contributed by atoms with van der Waals surface area (Å²) < 4.78 is 12.0. The fourth-order valence-corrected chi connectivity index (χ4v) is 5.65. The summed E-state index contributed by atoms with van der Waals surface area (Å²) in [6, 6.07) is 0. The molecule has 0 aliphatic carbocycles. The molecule has 0 saturated carbocycles. The maximum Gasteiger partial charge on any atom is 0.0894 e.